The number of rotatable bonds is 14. The third-order valence-electron chi connectivity index (χ3n) is 11.6. The van der Waals surface area contributed by atoms with Crippen LogP contribution in [0.3, 0.4) is 0 Å². The van der Waals surface area contributed by atoms with Gasteiger partial charge in [-0.25, -0.2) is 0 Å². The van der Waals surface area contributed by atoms with Crippen molar-refractivity contribution in [2.75, 3.05) is 26.4 Å². The van der Waals surface area contributed by atoms with Gasteiger partial charge in [-0.05, 0) is 67.6 Å². The van der Waals surface area contributed by atoms with Crippen LogP contribution in [0.15, 0.2) is 0 Å². The molecule has 260 valence electrons. The van der Waals surface area contributed by atoms with Crippen molar-refractivity contribution in [3.05, 3.63) is 0 Å². The van der Waals surface area contributed by atoms with Crippen molar-refractivity contribution in [2.24, 2.45) is 35.0 Å². The zero-order chi connectivity index (χ0) is 32.5. The Morgan fingerprint density at radius 2 is 1.33 bits per heavy atom. The Labute approximate surface area is 265 Å². The van der Waals surface area contributed by atoms with Gasteiger partial charge in [0.05, 0.1) is 44.7 Å². The van der Waals surface area contributed by atoms with E-state index < -0.39 is 73.9 Å². The predicted molar refractivity (Wildman–Crippen MR) is 158 cm³/mol. The lowest BCUT2D eigenvalue weighted by atomic mass is 9.43. The lowest BCUT2D eigenvalue weighted by molar-refractivity contribution is -0.306. The number of amides is 1. The Morgan fingerprint density at radius 3 is 1.87 bits per heavy atom. The van der Waals surface area contributed by atoms with E-state index in [0.29, 0.717) is 18.3 Å². The first-order valence-electron chi connectivity index (χ1n) is 17.0. The standard InChI is InChI=1S/C32H55NO12/c1-3-4-5-32(19-7-17-6-18(9-19)10-20(32)8-17)11-24(36)33-21(14-42-30-28(40)25(37)16(2)22(12-34)44-30)15-43-31-29(41)27(39)26(38)23(13-35)45-31/h16-23,25-31,34-35,37-41H,3-15H2,1-2H3,(H,33,36)/t16-,17?,18?,19?,20?,21?,22?,23?,25?,26-,27?,28+,29+,30-,31-,32?/m0/s1. The highest BCUT2D eigenvalue weighted by atomic mass is 16.7. The van der Waals surface area contributed by atoms with Crippen LogP contribution in [0, 0.1) is 35.0 Å². The molecule has 13 nitrogen and oxygen atoms in total. The summed E-state index contributed by atoms with van der Waals surface area (Å²) < 4.78 is 22.8. The summed E-state index contributed by atoms with van der Waals surface area (Å²) in [4.78, 5) is 13.9. The summed E-state index contributed by atoms with van der Waals surface area (Å²) >= 11 is 0. The van der Waals surface area contributed by atoms with Gasteiger partial charge in [-0.1, -0.05) is 26.7 Å². The molecule has 8 N–H and O–H groups in total. The molecule has 6 fully saturated rings. The van der Waals surface area contributed by atoms with Gasteiger partial charge in [-0.3, -0.25) is 4.79 Å². The molecule has 4 saturated carbocycles. The first-order chi connectivity index (χ1) is 21.5. The second kappa shape index (κ2) is 15.1. The van der Waals surface area contributed by atoms with Gasteiger partial charge in [-0.2, -0.15) is 0 Å². The largest absolute Gasteiger partial charge is 0.394 e. The van der Waals surface area contributed by atoms with E-state index in [0.717, 1.165) is 31.1 Å². The van der Waals surface area contributed by atoms with E-state index >= 15 is 0 Å². The van der Waals surface area contributed by atoms with Gasteiger partial charge in [-0.15, -0.1) is 0 Å². The van der Waals surface area contributed by atoms with Crippen LogP contribution >= 0.6 is 0 Å². The van der Waals surface area contributed by atoms with Crippen molar-refractivity contribution in [3.63, 3.8) is 0 Å². The third-order valence-corrected chi connectivity index (χ3v) is 11.6. The fraction of sp³-hybridized carbons (Fsp3) is 0.969. The molecule has 0 aromatic rings. The Bertz CT molecular complexity index is 898. The van der Waals surface area contributed by atoms with Crippen LogP contribution in [-0.2, 0) is 23.7 Å². The maximum absolute atomic E-state index is 13.9. The Hall–Kier alpha value is -0.970. The number of ether oxygens (including phenoxy) is 4. The van der Waals surface area contributed by atoms with Crippen molar-refractivity contribution in [2.45, 2.75) is 133 Å². The van der Waals surface area contributed by atoms with E-state index in [4.69, 9.17) is 18.9 Å². The summed E-state index contributed by atoms with van der Waals surface area (Å²) in [6.45, 7) is 2.40. The molecule has 6 aliphatic rings. The highest BCUT2D eigenvalue weighted by Gasteiger charge is 2.57. The van der Waals surface area contributed by atoms with Gasteiger partial charge in [0.25, 0.3) is 0 Å². The average Bonchev–Trinajstić information content (AvgIpc) is 3.02. The normalized spacial score (nSPS) is 46.7. The topological polar surface area (TPSA) is 208 Å². The third kappa shape index (κ3) is 7.39. The van der Waals surface area contributed by atoms with Crippen molar-refractivity contribution >= 4 is 5.91 Å². The molecule has 45 heavy (non-hydrogen) atoms. The molecule has 4 aliphatic carbocycles. The molecule has 0 spiro atoms. The number of carbonyl (C=O) groups excluding carboxylic acids is 1. The highest BCUT2D eigenvalue weighted by Crippen LogP contribution is 2.65. The SMILES string of the molecule is CCCCC1(CC(=O)NC(CO[C@H]2OC(CO)[C@H](C)C(O)[C@H]2O)CO[C@H]2OC(CO)[C@H](O)C(O)[C@H]2O)C2CC3CC(C2)CC1C3. The number of aliphatic hydroxyl groups is 7. The monoisotopic (exact) mass is 645 g/mol. The Kier molecular flexibility index (Phi) is 11.8. The zero-order valence-electron chi connectivity index (χ0n) is 26.5. The predicted octanol–water partition coefficient (Wildman–Crippen LogP) is -0.598. The highest BCUT2D eigenvalue weighted by molar-refractivity contribution is 5.77. The molecule has 2 saturated heterocycles. The zero-order valence-corrected chi connectivity index (χ0v) is 26.5. The van der Waals surface area contributed by atoms with E-state index in [1.54, 1.807) is 6.92 Å². The van der Waals surface area contributed by atoms with Gasteiger partial charge >= 0.3 is 0 Å². The maximum Gasteiger partial charge on any atom is 0.220 e. The summed E-state index contributed by atoms with van der Waals surface area (Å²) in [5, 5.41) is 74.2. The quantitative estimate of drug-likeness (QED) is 0.119. The van der Waals surface area contributed by atoms with Gasteiger partial charge in [0.15, 0.2) is 12.6 Å². The number of aliphatic hydroxyl groups excluding tert-OH is 7. The van der Waals surface area contributed by atoms with Gasteiger partial charge < -0.3 is 60.0 Å². The molecular weight excluding hydrogens is 590 g/mol. The lowest BCUT2D eigenvalue weighted by Crippen LogP contribution is -2.60. The maximum atomic E-state index is 13.9. The number of nitrogens with one attached hydrogen (secondary N) is 1. The van der Waals surface area contributed by atoms with Crippen LogP contribution in [0.2, 0.25) is 0 Å². The average molecular weight is 646 g/mol. The summed E-state index contributed by atoms with van der Waals surface area (Å²) in [5.74, 6) is 1.89. The van der Waals surface area contributed by atoms with E-state index in [1.807, 2.05) is 0 Å². The molecule has 4 bridgehead atoms. The van der Waals surface area contributed by atoms with Crippen molar-refractivity contribution < 1.29 is 59.5 Å². The van der Waals surface area contributed by atoms with Gasteiger partial charge in [0.1, 0.15) is 30.5 Å². The van der Waals surface area contributed by atoms with E-state index in [1.165, 1.54) is 32.1 Å². The number of carbonyl (C=O) groups is 1. The minimum Gasteiger partial charge on any atom is -0.394 e. The second-order valence-corrected chi connectivity index (χ2v) is 14.5. The molecule has 13 heteroatoms. The summed E-state index contributed by atoms with van der Waals surface area (Å²) in [6, 6.07) is -0.815. The summed E-state index contributed by atoms with van der Waals surface area (Å²) in [6.07, 6.45) is -2.42. The molecule has 0 aromatic carbocycles. The van der Waals surface area contributed by atoms with Crippen molar-refractivity contribution in [1.29, 1.82) is 0 Å². The second-order valence-electron chi connectivity index (χ2n) is 14.5. The van der Waals surface area contributed by atoms with Crippen molar-refractivity contribution in [3.8, 4) is 0 Å². The molecular formula is C32H55NO12. The Morgan fingerprint density at radius 1 is 0.800 bits per heavy atom. The molecule has 0 radical (unpaired) electrons. The molecule has 2 aliphatic heterocycles. The van der Waals surface area contributed by atoms with Crippen LogP contribution < -0.4 is 5.32 Å². The molecule has 2 heterocycles. The smallest absolute Gasteiger partial charge is 0.220 e. The van der Waals surface area contributed by atoms with Gasteiger partial charge in [0.2, 0.25) is 5.91 Å². The first kappa shape index (κ1) is 35.3. The number of hydrogen-bond acceptors (Lipinski definition) is 12. The minimum atomic E-state index is -1.62. The van der Waals surface area contributed by atoms with Crippen LogP contribution in [-0.4, -0.2) is 129 Å². The first-order valence-corrected chi connectivity index (χ1v) is 17.0. The minimum absolute atomic E-state index is 0.0612. The van der Waals surface area contributed by atoms with Crippen LogP contribution in [0.1, 0.15) is 71.6 Å². The van der Waals surface area contributed by atoms with Crippen LogP contribution in [0.4, 0.5) is 0 Å². The van der Waals surface area contributed by atoms with Crippen LogP contribution in [0.25, 0.3) is 0 Å². The fourth-order valence-corrected chi connectivity index (χ4v) is 9.17. The van der Waals surface area contributed by atoms with E-state index in [2.05, 4.69) is 12.2 Å². The lowest BCUT2D eigenvalue weighted by Gasteiger charge is -2.61. The van der Waals surface area contributed by atoms with E-state index in [9.17, 15) is 40.5 Å². The van der Waals surface area contributed by atoms with Crippen molar-refractivity contribution in [1.82, 2.24) is 5.32 Å². The van der Waals surface area contributed by atoms with Gasteiger partial charge in [0, 0.05) is 12.3 Å². The Balaban J connectivity index is 1.28. The molecule has 1 amide bonds. The fourth-order valence-electron chi connectivity index (χ4n) is 9.17. The molecule has 0 aromatic heterocycles. The van der Waals surface area contributed by atoms with Crippen LogP contribution in [0.5, 0.6) is 0 Å². The molecule has 11 atom stereocenters. The van der Waals surface area contributed by atoms with E-state index in [-0.39, 0.29) is 31.1 Å². The summed E-state index contributed by atoms with van der Waals surface area (Å²) in [7, 11) is 0. The number of hydrogen-bond donors (Lipinski definition) is 8. The molecule has 6 rings (SSSR count). The molecule has 5 unspecified atom stereocenters. The number of unbranched alkanes of at least 4 members (excludes halogenated alkanes) is 1. The summed E-state index contributed by atoms with van der Waals surface area (Å²) in [5.41, 5.74) is -0.0612.